The van der Waals surface area contributed by atoms with E-state index in [1.165, 1.54) is 4.57 Å². The fourth-order valence-electron chi connectivity index (χ4n) is 3.57. The first-order valence-corrected chi connectivity index (χ1v) is 9.99. The molecule has 0 saturated heterocycles. The van der Waals surface area contributed by atoms with Crippen molar-refractivity contribution >= 4 is 22.5 Å². The molecule has 2 aromatic carbocycles. The van der Waals surface area contributed by atoms with Crippen LogP contribution in [-0.2, 0) is 7.05 Å². The van der Waals surface area contributed by atoms with Gasteiger partial charge >= 0.3 is 0 Å². The van der Waals surface area contributed by atoms with Crippen LogP contribution in [0.25, 0.3) is 33.3 Å². The van der Waals surface area contributed by atoms with Crippen LogP contribution in [0.3, 0.4) is 0 Å². The van der Waals surface area contributed by atoms with Crippen molar-refractivity contribution in [2.45, 2.75) is 6.92 Å². The van der Waals surface area contributed by atoms with Gasteiger partial charge in [-0.25, -0.2) is 4.98 Å². The molecular weight excluding hydrogens is 414 g/mol. The van der Waals surface area contributed by atoms with Crippen LogP contribution in [0.15, 0.2) is 59.4 Å². The Balaban J connectivity index is 2.08. The summed E-state index contributed by atoms with van der Waals surface area (Å²) in [4.78, 5) is 17.6. The van der Waals surface area contributed by atoms with Crippen LogP contribution in [0.1, 0.15) is 12.5 Å². The number of rotatable bonds is 4. The molecule has 6 nitrogen and oxygen atoms in total. The minimum Gasteiger partial charge on any atom is -0.506 e. The van der Waals surface area contributed by atoms with Crippen LogP contribution in [0.5, 0.6) is 11.6 Å². The molecule has 0 amide bonds. The number of aromatic hydroxyl groups is 1. The number of pyridine rings is 2. The summed E-state index contributed by atoms with van der Waals surface area (Å²) in [5.74, 6) is -0.0672. The number of hydrogen-bond acceptors (Lipinski definition) is 5. The van der Waals surface area contributed by atoms with Crippen molar-refractivity contribution in [3.63, 3.8) is 0 Å². The smallest absolute Gasteiger partial charge is 0.264 e. The normalized spacial score (nSPS) is 10.8. The lowest BCUT2D eigenvalue weighted by atomic mass is 9.98. The number of hydrogen-bond donors (Lipinski definition) is 1. The van der Waals surface area contributed by atoms with E-state index < -0.39 is 5.56 Å². The number of aromatic nitrogens is 2. The first-order chi connectivity index (χ1) is 15.0. The molecule has 0 spiro atoms. The maximum absolute atomic E-state index is 13.2. The number of para-hydroxylation sites is 1. The van der Waals surface area contributed by atoms with Gasteiger partial charge in [-0.05, 0) is 42.8 Å². The van der Waals surface area contributed by atoms with Crippen molar-refractivity contribution < 1.29 is 9.84 Å². The van der Waals surface area contributed by atoms with Crippen molar-refractivity contribution in [3.05, 3.63) is 75.5 Å². The molecule has 0 bridgehead atoms. The average Bonchev–Trinajstić information content (AvgIpc) is 2.78. The third-order valence-electron chi connectivity index (χ3n) is 5.07. The van der Waals surface area contributed by atoms with Gasteiger partial charge in [-0.2, -0.15) is 5.26 Å². The predicted octanol–water partition coefficient (Wildman–Crippen LogP) is 4.90. The van der Waals surface area contributed by atoms with E-state index in [1.807, 2.05) is 0 Å². The summed E-state index contributed by atoms with van der Waals surface area (Å²) < 4.78 is 7.09. The van der Waals surface area contributed by atoms with Gasteiger partial charge in [0, 0.05) is 23.0 Å². The fraction of sp³-hybridized carbons (Fsp3) is 0.125. The minimum atomic E-state index is -0.405. The third kappa shape index (κ3) is 3.49. The standard InChI is InChI=1S/C24H18ClN3O3/c1-3-31-23-18(13-26)17(14-8-10-15(25)11-9-14)12-19(27-23)21-22(29)16-6-4-5-7-20(16)28(2)24(21)30/h4-12,29H,3H2,1-2H3. The van der Waals surface area contributed by atoms with Crippen LogP contribution in [-0.4, -0.2) is 21.3 Å². The summed E-state index contributed by atoms with van der Waals surface area (Å²) >= 11 is 6.02. The molecule has 2 aromatic heterocycles. The number of aryl methyl sites for hydroxylation is 1. The Bertz CT molecular complexity index is 1400. The zero-order chi connectivity index (χ0) is 22.1. The van der Waals surface area contributed by atoms with Crippen LogP contribution in [0, 0.1) is 11.3 Å². The molecule has 0 fully saturated rings. The fourth-order valence-corrected chi connectivity index (χ4v) is 3.69. The second-order valence-corrected chi connectivity index (χ2v) is 7.33. The summed E-state index contributed by atoms with van der Waals surface area (Å²) in [5, 5.41) is 21.8. The largest absolute Gasteiger partial charge is 0.506 e. The Morgan fingerprint density at radius 3 is 2.58 bits per heavy atom. The molecule has 0 aliphatic rings. The predicted molar refractivity (Wildman–Crippen MR) is 120 cm³/mol. The molecule has 4 aromatic rings. The van der Waals surface area contributed by atoms with Crippen LogP contribution in [0.2, 0.25) is 5.02 Å². The number of benzene rings is 2. The summed E-state index contributed by atoms with van der Waals surface area (Å²) in [6.45, 7) is 2.07. The van der Waals surface area contributed by atoms with Gasteiger partial charge in [0.1, 0.15) is 22.9 Å². The molecule has 1 N–H and O–H groups in total. The Kier molecular flexibility index (Phi) is 5.37. The van der Waals surface area contributed by atoms with E-state index in [1.54, 1.807) is 68.6 Å². The van der Waals surface area contributed by atoms with Gasteiger partial charge in [0.15, 0.2) is 0 Å². The monoisotopic (exact) mass is 431 g/mol. The second-order valence-electron chi connectivity index (χ2n) is 6.89. The number of halogens is 1. The van der Waals surface area contributed by atoms with Crippen molar-refractivity contribution in [3.8, 4) is 40.1 Å². The molecule has 2 heterocycles. The first-order valence-electron chi connectivity index (χ1n) is 9.61. The minimum absolute atomic E-state index is 0.0434. The molecule has 154 valence electrons. The van der Waals surface area contributed by atoms with E-state index in [4.69, 9.17) is 16.3 Å². The first kappa shape index (κ1) is 20.5. The van der Waals surface area contributed by atoms with Gasteiger partial charge in [-0.1, -0.05) is 35.9 Å². The number of ether oxygens (including phenoxy) is 1. The van der Waals surface area contributed by atoms with Crippen LogP contribution < -0.4 is 10.3 Å². The van der Waals surface area contributed by atoms with E-state index in [9.17, 15) is 15.2 Å². The molecule has 0 unspecified atom stereocenters. The lowest BCUT2D eigenvalue weighted by Crippen LogP contribution is -2.20. The van der Waals surface area contributed by atoms with E-state index in [0.29, 0.717) is 27.1 Å². The van der Waals surface area contributed by atoms with Crippen molar-refractivity contribution in [1.29, 1.82) is 5.26 Å². The highest BCUT2D eigenvalue weighted by Crippen LogP contribution is 2.37. The molecule has 31 heavy (non-hydrogen) atoms. The van der Waals surface area contributed by atoms with Crippen LogP contribution in [0.4, 0.5) is 0 Å². The maximum Gasteiger partial charge on any atom is 0.264 e. The second kappa shape index (κ2) is 8.13. The van der Waals surface area contributed by atoms with Gasteiger partial charge in [-0.15, -0.1) is 0 Å². The molecule has 0 aliphatic carbocycles. The Morgan fingerprint density at radius 1 is 1.19 bits per heavy atom. The van der Waals surface area contributed by atoms with Gasteiger partial charge in [0.25, 0.3) is 5.56 Å². The topological polar surface area (TPSA) is 88.1 Å². The molecule has 0 aliphatic heterocycles. The third-order valence-corrected chi connectivity index (χ3v) is 5.32. The van der Waals surface area contributed by atoms with Crippen molar-refractivity contribution in [2.24, 2.45) is 7.05 Å². The molecule has 7 heteroatoms. The molecule has 0 radical (unpaired) electrons. The lowest BCUT2D eigenvalue weighted by molar-refractivity contribution is 0.326. The lowest BCUT2D eigenvalue weighted by Gasteiger charge is -2.15. The van der Waals surface area contributed by atoms with Gasteiger partial charge in [0.2, 0.25) is 5.88 Å². The molecule has 4 rings (SSSR count). The highest BCUT2D eigenvalue weighted by atomic mass is 35.5. The number of fused-ring (bicyclic) bond motifs is 1. The van der Waals surface area contributed by atoms with Crippen molar-refractivity contribution in [1.82, 2.24) is 9.55 Å². The number of nitriles is 1. The summed E-state index contributed by atoms with van der Waals surface area (Å²) in [5.41, 5.74) is 1.94. The maximum atomic E-state index is 13.2. The Labute approximate surface area is 183 Å². The summed E-state index contributed by atoms with van der Waals surface area (Å²) in [7, 11) is 1.64. The Morgan fingerprint density at radius 2 is 1.90 bits per heavy atom. The Hall–Kier alpha value is -3.82. The van der Waals surface area contributed by atoms with Crippen LogP contribution >= 0.6 is 11.6 Å². The molecule has 0 atom stereocenters. The van der Waals surface area contributed by atoms with E-state index in [-0.39, 0.29) is 35.1 Å². The quantitative estimate of drug-likeness (QED) is 0.496. The van der Waals surface area contributed by atoms with E-state index >= 15 is 0 Å². The van der Waals surface area contributed by atoms with Gasteiger partial charge in [0.05, 0.1) is 17.8 Å². The van der Waals surface area contributed by atoms with Gasteiger partial charge in [-0.3, -0.25) is 4.79 Å². The van der Waals surface area contributed by atoms with E-state index in [2.05, 4.69) is 11.1 Å². The number of nitrogens with zero attached hydrogens (tertiary/aromatic N) is 3. The zero-order valence-electron chi connectivity index (χ0n) is 16.9. The van der Waals surface area contributed by atoms with Gasteiger partial charge < -0.3 is 14.4 Å². The van der Waals surface area contributed by atoms with Crippen molar-refractivity contribution in [2.75, 3.05) is 6.61 Å². The zero-order valence-corrected chi connectivity index (χ0v) is 17.6. The molecule has 0 saturated carbocycles. The highest BCUT2D eigenvalue weighted by Gasteiger charge is 2.22. The summed E-state index contributed by atoms with van der Waals surface area (Å²) in [6.07, 6.45) is 0. The highest BCUT2D eigenvalue weighted by molar-refractivity contribution is 6.30. The SMILES string of the molecule is CCOc1nc(-c2c(O)c3ccccc3n(C)c2=O)cc(-c2ccc(Cl)cc2)c1C#N. The molecular formula is C24H18ClN3O3. The van der Waals surface area contributed by atoms with E-state index in [0.717, 1.165) is 0 Å². The average molecular weight is 432 g/mol. The summed E-state index contributed by atoms with van der Waals surface area (Å²) in [6, 6.07) is 17.8.